The predicted molar refractivity (Wildman–Crippen MR) is 64.4 cm³/mol. The third-order valence-electron chi connectivity index (χ3n) is 2.93. The molecular formula is C12H10N2O6. The maximum absolute atomic E-state index is 11.9. The number of fused-ring (bicyclic) bond motifs is 1. The van der Waals surface area contributed by atoms with Crippen LogP contribution >= 0.6 is 0 Å². The molecule has 1 aliphatic heterocycles. The minimum Gasteiger partial charge on any atom is -0.478 e. The van der Waals surface area contributed by atoms with Gasteiger partial charge in [-0.25, -0.2) is 4.79 Å². The van der Waals surface area contributed by atoms with Gasteiger partial charge in [-0.1, -0.05) is 0 Å². The van der Waals surface area contributed by atoms with Crippen molar-refractivity contribution in [1.29, 1.82) is 0 Å². The average molecular weight is 278 g/mol. The van der Waals surface area contributed by atoms with Crippen LogP contribution in [0.1, 0.15) is 41.4 Å². The number of nitrogens with two attached hydrogens (primary N) is 1. The quantitative estimate of drug-likeness (QED) is 0.608. The normalized spacial score (nSPS) is 13.6. The van der Waals surface area contributed by atoms with Gasteiger partial charge in [-0.05, 0) is 12.1 Å². The molecule has 4 N–H and O–H groups in total. The van der Waals surface area contributed by atoms with Gasteiger partial charge in [0.15, 0.2) is 0 Å². The molecule has 2 rings (SSSR count). The Hall–Kier alpha value is -2.74. The number of carbonyl (C=O) groups excluding carboxylic acids is 3. The van der Waals surface area contributed by atoms with Gasteiger partial charge in [0.2, 0.25) is 5.91 Å². The Bertz CT molecular complexity index is 599. The van der Waals surface area contributed by atoms with Gasteiger partial charge in [0.1, 0.15) is 0 Å². The van der Waals surface area contributed by atoms with Crippen LogP contribution < -0.4 is 5.73 Å². The number of aromatic carboxylic acids is 1. The van der Waals surface area contributed by atoms with Gasteiger partial charge in [0.25, 0.3) is 11.8 Å². The number of carboxylic acid groups (broad SMARTS) is 1. The van der Waals surface area contributed by atoms with Crippen molar-refractivity contribution in [3.63, 3.8) is 0 Å². The molecule has 1 aromatic carbocycles. The minimum atomic E-state index is -1.43. The number of hydrogen-bond acceptors (Lipinski definition) is 5. The molecule has 0 spiro atoms. The predicted octanol–water partition coefficient (Wildman–Crippen LogP) is -0.928. The number of imide groups is 1. The monoisotopic (exact) mass is 278 g/mol. The smallest absolute Gasteiger partial charge is 0.336 e. The fraction of sp³-hybridized carbons (Fsp3) is 0.167. The van der Waals surface area contributed by atoms with Gasteiger partial charge in [-0.3, -0.25) is 19.3 Å². The Kier molecular flexibility index (Phi) is 3.24. The van der Waals surface area contributed by atoms with E-state index in [9.17, 15) is 19.2 Å². The molecule has 0 aromatic heterocycles. The Morgan fingerprint density at radius 2 is 1.60 bits per heavy atom. The molecule has 0 bridgehead atoms. The van der Waals surface area contributed by atoms with Crippen LogP contribution in [0.25, 0.3) is 0 Å². The summed E-state index contributed by atoms with van der Waals surface area (Å²) in [6.45, 7) is -0.624. The van der Waals surface area contributed by atoms with E-state index in [1.54, 1.807) is 0 Å². The molecule has 8 heteroatoms. The van der Waals surface area contributed by atoms with Gasteiger partial charge >= 0.3 is 5.97 Å². The van der Waals surface area contributed by atoms with Crippen LogP contribution in [0.5, 0.6) is 0 Å². The molecule has 0 saturated carbocycles. The zero-order valence-corrected chi connectivity index (χ0v) is 10.1. The Labute approximate surface area is 112 Å². The molecule has 8 nitrogen and oxygen atoms in total. The lowest BCUT2D eigenvalue weighted by atomic mass is 9.99. The average Bonchev–Trinajstić information content (AvgIpc) is 2.62. The van der Waals surface area contributed by atoms with E-state index >= 15 is 0 Å². The van der Waals surface area contributed by atoms with Crippen LogP contribution in [-0.4, -0.2) is 52.0 Å². The van der Waals surface area contributed by atoms with Crippen molar-refractivity contribution in [2.75, 3.05) is 13.2 Å². The third-order valence-corrected chi connectivity index (χ3v) is 2.93. The lowest BCUT2D eigenvalue weighted by Crippen LogP contribution is -2.32. The molecule has 20 heavy (non-hydrogen) atoms. The first-order valence-corrected chi connectivity index (χ1v) is 5.56. The Morgan fingerprint density at radius 1 is 1.10 bits per heavy atom. The topological polar surface area (TPSA) is 138 Å². The van der Waals surface area contributed by atoms with Crippen LogP contribution in [0.3, 0.4) is 0 Å². The fourth-order valence-electron chi connectivity index (χ4n) is 2.02. The number of carbonyl (C=O) groups is 4. The summed E-state index contributed by atoms with van der Waals surface area (Å²) in [5.74, 6) is -3.84. The van der Waals surface area contributed by atoms with Crippen LogP contribution in [-0.2, 0) is 0 Å². The maximum Gasteiger partial charge on any atom is 0.336 e. The van der Waals surface area contributed by atoms with Gasteiger partial charge < -0.3 is 15.9 Å². The Balaban J connectivity index is 2.64. The molecule has 1 aliphatic rings. The van der Waals surface area contributed by atoms with E-state index < -0.39 is 35.9 Å². The van der Waals surface area contributed by atoms with Crippen LogP contribution in [0, 0.1) is 0 Å². The first kappa shape index (κ1) is 13.7. The molecule has 1 aromatic rings. The van der Waals surface area contributed by atoms with Crippen molar-refractivity contribution in [3.05, 3.63) is 34.4 Å². The van der Waals surface area contributed by atoms with E-state index in [0.29, 0.717) is 0 Å². The van der Waals surface area contributed by atoms with E-state index in [4.69, 9.17) is 15.9 Å². The summed E-state index contributed by atoms with van der Waals surface area (Å²) >= 11 is 0. The highest BCUT2D eigenvalue weighted by atomic mass is 16.4. The SMILES string of the molecule is NC(=O)c1cc2c(cc1C(=O)O)C(=O)N(CCO)C2=O. The summed E-state index contributed by atoms with van der Waals surface area (Å²) in [6, 6.07) is 1.95. The zero-order valence-electron chi connectivity index (χ0n) is 10.1. The second-order valence-corrected chi connectivity index (χ2v) is 4.10. The van der Waals surface area contributed by atoms with Gasteiger partial charge in [0, 0.05) is 0 Å². The molecule has 0 saturated heterocycles. The summed E-state index contributed by atoms with van der Waals surface area (Å²) in [5, 5.41) is 17.8. The number of benzene rings is 1. The molecule has 0 aliphatic carbocycles. The Morgan fingerprint density at radius 3 is 2.00 bits per heavy atom. The number of amides is 3. The van der Waals surface area contributed by atoms with Crippen molar-refractivity contribution in [2.45, 2.75) is 0 Å². The van der Waals surface area contributed by atoms with Gasteiger partial charge in [-0.2, -0.15) is 0 Å². The number of nitrogens with zero attached hydrogens (tertiary/aromatic N) is 1. The van der Waals surface area contributed by atoms with Gasteiger partial charge in [0.05, 0.1) is 35.4 Å². The van der Waals surface area contributed by atoms with Crippen LogP contribution in [0.4, 0.5) is 0 Å². The number of β-amino-alcohol motifs (C(OH)–C–C–N with tert-alkyl or cyclic N) is 1. The molecular weight excluding hydrogens is 268 g/mol. The fourth-order valence-corrected chi connectivity index (χ4v) is 2.02. The number of rotatable bonds is 4. The number of aliphatic hydroxyl groups is 1. The molecule has 0 fully saturated rings. The van der Waals surface area contributed by atoms with Crippen LogP contribution in [0.2, 0.25) is 0 Å². The summed E-state index contributed by atoms with van der Waals surface area (Å²) < 4.78 is 0. The number of carboxylic acids is 1. The van der Waals surface area contributed by atoms with E-state index in [2.05, 4.69) is 0 Å². The zero-order chi connectivity index (χ0) is 15.0. The second-order valence-electron chi connectivity index (χ2n) is 4.10. The van der Waals surface area contributed by atoms with Crippen molar-refractivity contribution >= 4 is 23.7 Å². The first-order valence-electron chi connectivity index (χ1n) is 5.56. The highest BCUT2D eigenvalue weighted by Gasteiger charge is 2.37. The summed E-state index contributed by atoms with van der Waals surface area (Å²) in [5.41, 5.74) is 4.07. The summed E-state index contributed by atoms with van der Waals surface area (Å²) in [7, 11) is 0. The number of aliphatic hydroxyl groups excluding tert-OH is 1. The van der Waals surface area contributed by atoms with Crippen LogP contribution in [0.15, 0.2) is 12.1 Å². The largest absolute Gasteiger partial charge is 0.478 e. The van der Waals surface area contributed by atoms with E-state index in [1.807, 2.05) is 0 Å². The first-order chi connectivity index (χ1) is 9.38. The molecule has 1 heterocycles. The molecule has 104 valence electrons. The molecule has 0 atom stereocenters. The molecule has 0 radical (unpaired) electrons. The summed E-state index contributed by atoms with van der Waals surface area (Å²) in [4.78, 5) is 47.0. The lowest BCUT2D eigenvalue weighted by molar-refractivity contribution is 0.0623. The highest BCUT2D eigenvalue weighted by Crippen LogP contribution is 2.26. The molecule has 0 unspecified atom stereocenters. The maximum atomic E-state index is 11.9. The third kappa shape index (κ3) is 1.91. The van der Waals surface area contributed by atoms with E-state index in [-0.39, 0.29) is 23.2 Å². The van der Waals surface area contributed by atoms with E-state index in [1.165, 1.54) is 0 Å². The number of hydrogen-bond donors (Lipinski definition) is 3. The van der Waals surface area contributed by atoms with Crippen molar-refractivity contribution in [1.82, 2.24) is 4.90 Å². The second kappa shape index (κ2) is 4.74. The lowest BCUT2D eigenvalue weighted by Gasteiger charge is -2.10. The highest BCUT2D eigenvalue weighted by molar-refractivity contribution is 6.23. The van der Waals surface area contributed by atoms with Crippen molar-refractivity contribution in [3.8, 4) is 0 Å². The van der Waals surface area contributed by atoms with Crippen molar-refractivity contribution < 1.29 is 29.4 Å². The number of primary amides is 1. The standard InChI is InChI=1S/C12H10N2O6/c13-9(16)5-3-6-7(4-8(5)12(19)20)11(18)14(1-2-15)10(6)17/h3-4,15H,1-2H2,(H2,13,16)(H,19,20). The minimum absolute atomic E-state index is 0.0951. The van der Waals surface area contributed by atoms with E-state index in [0.717, 1.165) is 17.0 Å². The van der Waals surface area contributed by atoms with Gasteiger partial charge in [-0.15, -0.1) is 0 Å². The van der Waals surface area contributed by atoms with Crippen molar-refractivity contribution in [2.24, 2.45) is 5.73 Å². The molecule has 3 amide bonds. The summed E-state index contributed by atoms with van der Waals surface area (Å²) in [6.07, 6.45) is 0.